The first-order valence-corrected chi connectivity index (χ1v) is 6.14. The maximum absolute atomic E-state index is 12.2. The van der Waals surface area contributed by atoms with Crippen LogP contribution in [0.3, 0.4) is 0 Å². The molecular weight excluding hydrogens is 236 g/mol. The van der Waals surface area contributed by atoms with Crippen LogP contribution in [0.4, 0.5) is 0 Å². The van der Waals surface area contributed by atoms with Crippen molar-refractivity contribution in [2.75, 3.05) is 0 Å². The van der Waals surface area contributed by atoms with Crippen molar-refractivity contribution in [3.05, 3.63) is 76.4 Å². The van der Waals surface area contributed by atoms with Crippen LogP contribution in [0.25, 0.3) is 6.08 Å². The van der Waals surface area contributed by atoms with E-state index in [0.717, 1.165) is 11.1 Å². The number of aryl methyl sites for hydroxylation is 1. The minimum absolute atomic E-state index is 0.177. The van der Waals surface area contributed by atoms with E-state index in [1.54, 1.807) is 30.3 Å². The second-order valence-electron chi connectivity index (χ2n) is 4.62. The van der Waals surface area contributed by atoms with Gasteiger partial charge in [0.25, 0.3) is 0 Å². The maximum atomic E-state index is 12.2. The van der Waals surface area contributed by atoms with Crippen molar-refractivity contribution in [1.29, 1.82) is 0 Å². The molecule has 0 unspecified atom stereocenters. The molecule has 1 aliphatic carbocycles. The third kappa shape index (κ3) is 1.82. The van der Waals surface area contributed by atoms with Crippen LogP contribution in [0.15, 0.2) is 54.1 Å². The SMILES string of the molecule is Cc1ccccc1C=C1C(=O)c2ccccc2C1=O. The Kier molecular flexibility index (Phi) is 2.64. The van der Waals surface area contributed by atoms with Gasteiger partial charge in [-0.15, -0.1) is 0 Å². The van der Waals surface area contributed by atoms with Gasteiger partial charge in [-0.25, -0.2) is 0 Å². The number of carbonyl (C=O) groups excluding carboxylic acids is 2. The third-order valence-electron chi connectivity index (χ3n) is 3.39. The molecule has 0 fully saturated rings. The average molecular weight is 248 g/mol. The van der Waals surface area contributed by atoms with E-state index in [1.807, 2.05) is 31.2 Å². The van der Waals surface area contributed by atoms with Crippen LogP contribution in [0.1, 0.15) is 31.8 Å². The molecule has 92 valence electrons. The molecular formula is C17H12O2. The van der Waals surface area contributed by atoms with Crippen molar-refractivity contribution in [2.24, 2.45) is 0 Å². The highest BCUT2D eigenvalue weighted by Crippen LogP contribution is 2.28. The summed E-state index contributed by atoms with van der Waals surface area (Å²) in [6, 6.07) is 14.7. The van der Waals surface area contributed by atoms with Crippen LogP contribution in [-0.4, -0.2) is 11.6 Å². The number of rotatable bonds is 1. The first kappa shape index (κ1) is 11.6. The summed E-state index contributed by atoms with van der Waals surface area (Å²) in [6.45, 7) is 1.96. The molecule has 0 amide bonds. The third-order valence-corrected chi connectivity index (χ3v) is 3.39. The van der Waals surface area contributed by atoms with Gasteiger partial charge in [0.1, 0.15) is 0 Å². The molecule has 2 heteroatoms. The molecule has 0 saturated carbocycles. The van der Waals surface area contributed by atoms with E-state index in [9.17, 15) is 9.59 Å². The fraction of sp³-hybridized carbons (Fsp3) is 0.0588. The van der Waals surface area contributed by atoms with Crippen molar-refractivity contribution >= 4 is 17.6 Å². The summed E-state index contributed by atoms with van der Waals surface area (Å²) in [5.41, 5.74) is 3.23. The van der Waals surface area contributed by atoms with Crippen molar-refractivity contribution in [3.8, 4) is 0 Å². The molecule has 0 radical (unpaired) electrons. The first-order chi connectivity index (χ1) is 9.18. The Morgan fingerprint density at radius 1 is 0.789 bits per heavy atom. The number of carbonyl (C=O) groups is 2. The van der Waals surface area contributed by atoms with Crippen molar-refractivity contribution in [2.45, 2.75) is 6.92 Å². The Balaban J connectivity index is 2.13. The number of allylic oxidation sites excluding steroid dienone is 1. The molecule has 0 N–H and O–H groups in total. The highest BCUT2D eigenvalue weighted by atomic mass is 16.2. The molecule has 0 aromatic heterocycles. The molecule has 0 saturated heterocycles. The van der Waals surface area contributed by atoms with Crippen molar-refractivity contribution < 1.29 is 9.59 Å². The van der Waals surface area contributed by atoms with Gasteiger partial charge in [-0.3, -0.25) is 9.59 Å². The lowest BCUT2D eigenvalue weighted by atomic mass is 10.0. The smallest absolute Gasteiger partial charge is 0.197 e. The normalized spacial score (nSPS) is 13.6. The predicted molar refractivity (Wildman–Crippen MR) is 74.3 cm³/mol. The molecule has 0 bridgehead atoms. The van der Waals surface area contributed by atoms with Crippen LogP contribution < -0.4 is 0 Å². The fourth-order valence-electron chi connectivity index (χ4n) is 2.31. The van der Waals surface area contributed by atoms with Crippen LogP contribution in [0.2, 0.25) is 0 Å². The zero-order valence-corrected chi connectivity index (χ0v) is 10.5. The molecule has 1 aliphatic rings. The van der Waals surface area contributed by atoms with E-state index >= 15 is 0 Å². The summed E-state index contributed by atoms with van der Waals surface area (Å²) in [7, 11) is 0. The van der Waals surface area contributed by atoms with Crippen molar-refractivity contribution in [3.63, 3.8) is 0 Å². The highest BCUT2D eigenvalue weighted by Gasteiger charge is 2.32. The lowest BCUT2D eigenvalue weighted by Crippen LogP contribution is -2.00. The summed E-state index contributed by atoms with van der Waals surface area (Å²) in [5, 5.41) is 0. The number of hydrogen-bond donors (Lipinski definition) is 0. The minimum Gasteiger partial charge on any atom is -0.288 e. The molecule has 0 heterocycles. The molecule has 0 aliphatic heterocycles. The van der Waals surface area contributed by atoms with Gasteiger partial charge >= 0.3 is 0 Å². The van der Waals surface area contributed by atoms with Crippen LogP contribution in [0.5, 0.6) is 0 Å². The van der Waals surface area contributed by atoms with Gasteiger partial charge in [0.05, 0.1) is 5.57 Å². The summed E-state index contributed by atoms with van der Waals surface area (Å²) >= 11 is 0. The van der Waals surface area contributed by atoms with Gasteiger partial charge < -0.3 is 0 Å². The Bertz CT molecular complexity index is 687. The Morgan fingerprint density at radius 2 is 1.32 bits per heavy atom. The number of ketones is 2. The van der Waals surface area contributed by atoms with Gasteiger partial charge in [0.2, 0.25) is 0 Å². The fourth-order valence-corrected chi connectivity index (χ4v) is 2.31. The van der Waals surface area contributed by atoms with E-state index in [4.69, 9.17) is 0 Å². The second kappa shape index (κ2) is 4.32. The molecule has 0 spiro atoms. The van der Waals surface area contributed by atoms with Crippen LogP contribution >= 0.6 is 0 Å². The van der Waals surface area contributed by atoms with Crippen LogP contribution in [0, 0.1) is 6.92 Å². The van der Waals surface area contributed by atoms with Gasteiger partial charge in [0, 0.05) is 11.1 Å². The average Bonchev–Trinajstić information content (AvgIpc) is 2.67. The zero-order chi connectivity index (χ0) is 13.4. The molecule has 19 heavy (non-hydrogen) atoms. The number of benzene rings is 2. The lowest BCUT2D eigenvalue weighted by molar-refractivity contribution is 0.0990. The standard InChI is InChI=1S/C17H12O2/c1-11-6-2-3-7-12(11)10-15-16(18)13-8-4-5-9-14(13)17(15)19/h2-10H,1H3. The topological polar surface area (TPSA) is 34.1 Å². The maximum Gasteiger partial charge on any atom is 0.197 e. The predicted octanol–water partition coefficient (Wildman–Crippen LogP) is 3.46. The molecule has 2 aromatic rings. The number of hydrogen-bond acceptors (Lipinski definition) is 2. The van der Waals surface area contributed by atoms with Gasteiger partial charge in [-0.05, 0) is 24.1 Å². The van der Waals surface area contributed by atoms with Gasteiger partial charge in [-0.2, -0.15) is 0 Å². The first-order valence-electron chi connectivity index (χ1n) is 6.14. The van der Waals surface area contributed by atoms with E-state index in [1.165, 1.54) is 0 Å². The van der Waals surface area contributed by atoms with E-state index in [2.05, 4.69) is 0 Å². The number of fused-ring (bicyclic) bond motifs is 1. The Labute approximate surface area is 111 Å². The molecule has 0 atom stereocenters. The van der Waals surface area contributed by atoms with Crippen LogP contribution in [-0.2, 0) is 0 Å². The van der Waals surface area contributed by atoms with Gasteiger partial charge in [0.15, 0.2) is 11.6 Å². The quantitative estimate of drug-likeness (QED) is 0.572. The minimum atomic E-state index is -0.177. The van der Waals surface area contributed by atoms with E-state index in [-0.39, 0.29) is 17.1 Å². The second-order valence-corrected chi connectivity index (χ2v) is 4.62. The van der Waals surface area contributed by atoms with Gasteiger partial charge in [-0.1, -0.05) is 48.5 Å². The largest absolute Gasteiger partial charge is 0.288 e. The summed E-state index contributed by atoms with van der Waals surface area (Å²) in [4.78, 5) is 24.5. The monoisotopic (exact) mass is 248 g/mol. The molecule has 3 rings (SSSR count). The summed E-state index contributed by atoms with van der Waals surface area (Å²) in [5.74, 6) is -0.354. The summed E-state index contributed by atoms with van der Waals surface area (Å²) in [6.07, 6.45) is 1.69. The molecule has 2 aromatic carbocycles. The Morgan fingerprint density at radius 3 is 1.89 bits per heavy atom. The highest BCUT2D eigenvalue weighted by molar-refractivity contribution is 6.41. The van der Waals surface area contributed by atoms with Crippen molar-refractivity contribution in [1.82, 2.24) is 0 Å². The summed E-state index contributed by atoms with van der Waals surface area (Å²) < 4.78 is 0. The number of Topliss-reactive ketones (excluding diaryl/α,β-unsaturated/α-hetero) is 2. The zero-order valence-electron chi connectivity index (χ0n) is 10.5. The van der Waals surface area contributed by atoms with E-state index in [0.29, 0.717) is 11.1 Å². The molecule has 2 nitrogen and oxygen atoms in total. The Hall–Kier alpha value is -2.48. The lowest BCUT2D eigenvalue weighted by Gasteiger charge is -2.00. The van der Waals surface area contributed by atoms with E-state index < -0.39 is 0 Å².